The number of nitrogens with one attached hydrogen (secondary N) is 2. The van der Waals surface area contributed by atoms with Crippen LogP contribution in [0.5, 0.6) is 5.75 Å². The highest BCUT2D eigenvalue weighted by Crippen LogP contribution is 2.18. The summed E-state index contributed by atoms with van der Waals surface area (Å²) in [5, 5.41) is 5.91. The second-order valence-corrected chi connectivity index (χ2v) is 6.44. The van der Waals surface area contributed by atoms with Crippen molar-refractivity contribution in [2.75, 3.05) is 36.9 Å². The molecular formula is C21H25N3O3. The molecule has 1 heterocycles. The topological polar surface area (TPSA) is 70.7 Å². The fourth-order valence-corrected chi connectivity index (χ4v) is 3.08. The molecule has 1 aliphatic rings. The van der Waals surface area contributed by atoms with Crippen LogP contribution in [0.15, 0.2) is 48.5 Å². The second kappa shape index (κ2) is 9.07. The Morgan fingerprint density at radius 2 is 1.78 bits per heavy atom. The first-order chi connectivity index (χ1) is 13.2. The predicted molar refractivity (Wildman–Crippen MR) is 106 cm³/mol. The summed E-state index contributed by atoms with van der Waals surface area (Å²) >= 11 is 0. The van der Waals surface area contributed by atoms with Crippen LogP contribution in [0.3, 0.4) is 0 Å². The summed E-state index contributed by atoms with van der Waals surface area (Å²) in [6, 6.07) is 14.6. The molecule has 2 amide bonds. The Kier molecular flexibility index (Phi) is 6.30. The summed E-state index contributed by atoms with van der Waals surface area (Å²) < 4.78 is 5.45. The average Bonchev–Trinajstić information content (AvgIpc) is 3.21. The molecule has 142 valence electrons. The number of nitrogens with zero attached hydrogens (tertiary/aromatic N) is 1. The van der Waals surface area contributed by atoms with Crippen LogP contribution in [0.1, 0.15) is 30.1 Å². The number of carbonyl (C=O) groups excluding carboxylic acids is 2. The monoisotopic (exact) mass is 367 g/mol. The minimum absolute atomic E-state index is 0.0227. The smallest absolute Gasteiger partial charge is 0.253 e. The number of likely N-dealkylation sites (tertiary alicyclic amines) is 1. The van der Waals surface area contributed by atoms with E-state index in [9.17, 15) is 9.59 Å². The Hall–Kier alpha value is -3.02. The highest BCUT2D eigenvalue weighted by atomic mass is 16.5. The second-order valence-electron chi connectivity index (χ2n) is 6.44. The molecule has 3 rings (SSSR count). The van der Waals surface area contributed by atoms with Gasteiger partial charge >= 0.3 is 0 Å². The number of carbonyl (C=O) groups is 2. The lowest BCUT2D eigenvalue weighted by atomic mass is 10.1. The highest BCUT2D eigenvalue weighted by molar-refractivity contribution is 5.98. The van der Waals surface area contributed by atoms with Crippen LogP contribution >= 0.6 is 0 Å². The van der Waals surface area contributed by atoms with Crippen molar-refractivity contribution in [2.24, 2.45) is 0 Å². The Labute approximate surface area is 159 Å². The van der Waals surface area contributed by atoms with E-state index in [2.05, 4.69) is 10.6 Å². The van der Waals surface area contributed by atoms with Gasteiger partial charge in [0.2, 0.25) is 5.91 Å². The maximum Gasteiger partial charge on any atom is 0.253 e. The van der Waals surface area contributed by atoms with Crippen molar-refractivity contribution in [3.8, 4) is 5.75 Å². The van der Waals surface area contributed by atoms with Crippen LogP contribution in [-0.4, -0.2) is 43.0 Å². The first kappa shape index (κ1) is 18.8. The van der Waals surface area contributed by atoms with Gasteiger partial charge in [-0.3, -0.25) is 9.59 Å². The van der Waals surface area contributed by atoms with Crippen molar-refractivity contribution in [2.45, 2.75) is 19.8 Å². The van der Waals surface area contributed by atoms with E-state index in [0.717, 1.165) is 37.4 Å². The number of benzene rings is 2. The van der Waals surface area contributed by atoms with Crippen molar-refractivity contribution >= 4 is 23.2 Å². The van der Waals surface area contributed by atoms with Crippen molar-refractivity contribution in [1.29, 1.82) is 0 Å². The molecule has 27 heavy (non-hydrogen) atoms. The molecule has 0 aliphatic carbocycles. The summed E-state index contributed by atoms with van der Waals surface area (Å²) in [6.07, 6.45) is 2.11. The highest BCUT2D eigenvalue weighted by Gasteiger charge is 2.19. The predicted octanol–water partition coefficient (Wildman–Crippen LogP) is 3.37. The lowest BCUT2D eigenvalue weighted by Crippen LogP contribution is -2.27. The lowest BCUT2D eigenvalue weighted by molar-refractivity contribution is -0.114. The van der Waals surface area contributed by atoms with Crippen molar-refractivity contribution in [3.63, 3.8) is 0 Å². The number of amides is 2. The third kappa shape index (κ3) is 5.23. The molecule has 0 unspecified atom stereocenters. The van der Waals surface area contributed by atoms with E-state index in [1.807, 2.05) is 36.1 Å². The van der Waals surface area contributed by atoms with Gasteiger partial charge in [-0.05, 0) is 50.1 Å². The molecule has 6 heteroatoms. The Morgan fingerprint density at radius 1 is 1.04 bits per heavy atom. The third-order valence-corrected chi connectivity index (χ3v) is 4.38. The number of anilines is 2. The Morgan fingerprint density at radius 3 is 2.56 bits per heavy atom. The first-order valence-corrected chi connectivity index (χ1v) is 9.31. The van der Waals surface area contributed by atoms with Gasteiger partial charge < -0.3 is 20.3 Å². The molecule has 0 spiro atoms. The number of ether oxygens (including phenoxy) is 1. The van der Waals surface area contributed by atoms with Crippen LogP contribution in [0.25, 0.3) is 0 Å². The number of hydrogen-bond donors (Lipinski definition) is 2. The van der Waals surface area contributed by atoms with Crippen LogP contribution in [0.4, 0.5) is 11.4 Å². The van der Waals surface area contributed by atoms with E-state index in [1.54, 1.807) is 24.3 Å². The van der Waals surface area contributed by atoms with Crippen molar-refractivity contribution in [1.82, 2.24) is 4.90 Å². The molecule has 0 atom stereocenters. The Balaban J connectivity index is 1.55. The largest absolute Gasteiger partial charge is 0.494 e. The molecule has 0 saturated carbocycles. The van der Waals surface area contributed by atoms with Gasteiger partial charge in [-0.1, -0.05) is 12.1 Å². The van der Waals surface area contributed by atoms with Gasteiger partial charge in [0.1, 0.15) is 5.75 Å². The molecule has 2 aromatic rings. The molecule has 1 fully saturated rings. The molecule has 2 aromatic carbocycles. The van der Waals surface area contributed by atoms with Crippen LogP contribution in [0, 0.1) is 0 Å². The Bertz CT molecular complexity index is 801. The zero-order chi connectivity index (χ0) is 19.1. The lowest BCUT2D eigenvalue weighted by Gasteiger charge is -2.16. The maximum absolute atomic E-state index is 12.5. The van der Waals surface area contributed by atoms with Crippen molar-refractivity contribution < 1.29 is 14.3 Å². The molecule has 1 aliphatic heterocycles. The normalized spacial score (nSPS) is 13.3. The van der Waals surface area contributed by atoms with Gasteiger partial charge in [0.25, 0.3) is 5.91 Å². The fourth-order valence-electron chi connectivity index (χ4n) is 3.08. The van der Waals surface area contributed by atoms with E-state index in [0.29, 0.717) is 17.9 Å². The van der Waals surface area contributed by atoms with Crippen LogP contribution < -0.4 is 15.4 Å². The molecule has 0 aromatic heterocycles. The molecule has 1 saturated heterocycles. The van der Waals surface area contributed by atoms with Gasteiger partial charge in [-0.15, -0.1) is 0 Å². The molecular weight excluding hydrogens is 342 g/mol. The van der Waals surface area contributed by atoms with E-state index in [4.69, 9.17) is 4.74 Å². The van der Waals surface area contributed by atoms with E-state index in [-0.39, 0.29) is 18.4 Å². The summed E-state index contributed by atoms with van der Waals surface area (Å²) in [7, 11) is 0. The zero-order valence-corrected chi connectivity index (χ0v) is 15.5. The fraction of sp³-hybridized carbons (Fsp3) is 0.333. The van der Waals surface area contributed by atoms with Crippen LogP contribution in [-0.2, 0) is 4.79 Å². The van der Waals surface area contributed by atoms with Crippen molar-refractivity contribution in [3.05, 3.63) is 54.1 Å². The molecule has 6 nitrogen and oxygen atoms in total. The molecule has 2 N–H and O–H groups in total. The molecule has 0 bridgehead atoms. The van der Waals surface area contributed by atoms with Crippen LogP contribution in [0.2, 0.25) is 0 Å². The maximum atomic E-state index is 12.5. The van der Waals surface area contributed by atoms with E-state index < -0.39 is 0 Å². The van der Waals surface area contributed by atoms with Gasteiger partial charge in [0.05, 0.1) is 13.2 Å². The molecule has 0 radical (unpaired) electrons. The van der Waals surface area contributed by atoms with E-state index in [1.165, 1.54) is 0 Å². The van der Waals surface area contributed by atoms with Gasteiger partial charge in [-0.2, -0.15) is 0 Å². The first-order valence-electron chi connectivity index (χ1n) is 9.31. The number of hydrogen-bond acceptors (Lipinski definition) is 4. The minimum atomic E-state index is -0.178. The van der Waals surface area contributed by atoms with Gasteiger partial charge in [0, 0.05) is 36.1 Å². The average molecular weight is 367 g/mol. The van der Waals surface area contributed by atoms with E-state index >= 15 is 0 Å². The van der Waals surface area contributed by atoms with Gasteiger partial charge in [0.15, 0.2) is 0 Å². The van der Waals surface area contributed by atoms with Gasteiger partial charge in [-0.25, -0.2) is 0 Å². The minimum Gasteiger partial charge on any atom is -0.494 e. The zero-order valence-electron chi connectivity index (χ0n) is 15.5. The summed E-state index contributed by atoms with van der Waals surface area (Å²) in [6.45, 7) is 4.26. The third-order valence-electron chi connectivity index (χ3n) is 4.38. The summed E-state index contributed by atoms with van der Waals surface area (Å²) in [5.74, 6) is 0.605. The standard InChI is InChI=1S/C21H25N3O3/c1-2-27-19-10-6-8-17(14-19)22-15-20(25)23-18-9-5-7-16(13-18)21(26)24-11-3-4-12-24/h5-10,13-14,22H,2-4,11-12,15H2,1H3,(H,23,25). The summed E-state index contributed by atoms with van der Waals surface area (Å²) in [5.41, 5.74) is 2.04. The quantitative estimate of drug-likeness (QED) is 0.787. The SMILES string of the molecule is CCOc1cccc(NCC(=O)Nc2cccc(C(=O)N3CCCC3)c2)c1. The number of rotatable bonds is 7. The summed E-state index contributed by atoms with van der Waals surface area (Å²) in [4.78, 5) is 26.6.